The summed E-state index contributed by atoms with van der Waals surface area (Å²) in [7, 11) is 0. The van der Waals surface area contributed by atoms with Crippen LogP contribution in [0.2, 0.25) is 5.15 Å². The fraction of sp³-hybridized carbons (Fsp3) is 0.133. The van der Waals surface area contributed by atoms with E-state index in [0.29, 0.717) is 5.15 Å². The van der Waals surface area contributed by atoms with Gasteiger partial charge in [0, 0.05) is 17.1 Å². The van der Waals surface area contributed by atoms with E-state index in [-0.39, 0.29) is 0 Å². The highest BCUT2D eigenvalue weighted by Gasteiger charge is 2.10. The van der Waals surface area contributed by atoms with E-state index in [1.54, 1.807) is 6.20 Å². The number of hydrogen-bond donors (Lipinski definition) is 0. The maximum Gasteiger partial charge on any atom is 0.154 e. The number of nitrogens with zero attached hydrogens (tertiary/aromatic N) is 3. The summed E-state index contributed by atoms with van der Waals surface area (Å²) in [6.07, 6.45) is 1.79. The lowest BCUT2D eigenvalue weighted by Gasteiger charge is -2.08. The summed E-state index contributed by atoms with van der Waals surface area (Å²) in [4.78, 5) is 4.31. The molecule has 0 aliphatic heterocycles. The highest BCUT2D eigenvalue weighted by Crippen LogP contribution is 2.27. The maximum absolute atomic E-state index is 5.98. The molecule has 2 heterocycles. The molecule has 0 saturated carbocycles. The molecule has 3 nitrogen and oxygen atoms in total. The minimum atomic E-state index is 0.462. The second-order valence-corrected chi connectivity index (χ2v) is 4.86. The highest BCUT2D eigenvalue weighted by molar-refractivity contribution is 6.30. The van der Waals surface area contributed by atoms with Gasteiger partial charge in [0.1, 0.15) is 0 Å². The Balaban J connectivity index is 2.22. The minimum Gasteiger partial charge on any atom is -0.256 e. The van der Waals surface area contributed by atoms with Crippen molar-refractivity contribution in [1.82, 2.24) is 15.2 Å². The SMILES string of the molecule is Cc1c(Cl)nnc(-c2ccc3ncccc3c2)c1C. The first kappa shape index (κ1) is 12.1. The Morgan fingerprint density at radius 2 is 1.84 bits per heavy atom. The fourth-order valence-corrected chi connectivity index (χ4v) is 2.25. The second-order valence-electron chi connectivity index (χ2n) is 4.50. The third-order valence-electron chi connectivity index (χ3n) is 3.34. The Bertz CT molecular complexity index is 768. The largest absolute Gasteiger partial charge is 0.256 e. The molecule has 0 saturated heterocycles. The van der Waals surface area contributed by atoms with Gasteiger partial charge in [-0.3, -0.25) is 4.98 Å². The van der Waals surface area contributed by atoms with Crippen LogP contribution in [-0.4, -0.2) is 15.2 Å². The lowest BCUT2D eigenvalue weighted by atomic mass is 10.0. The van der Waals surface area contributed by atoms with Crippen LogP contribution in [0.4, 0.5) is 0 Å². The van der Waals surface area contributed by atoms with Crippen molar-refractivity contribution >= 4 is 22.5 Å². The molecule has 3 aromatic rings. The summed E-state index contributed by atoms with van der Waals surface area (Å²) in [6.45, 7) is 3.97. The molecule has 1 aromatic carbocycles. The van der Waals surface area contributed by atoms with Gasteiger partial charge in [-0.05, 0) is 43.2 Å². The van der Waals surface area contributed by atoms with Crippen molar-refractivity contribution in [2.45, 2.75) is 13.8 Å². The first-order valence-corrected chi connectivity index (χ1v) is 6.39. The summed E-state index contributed by atoms with van der Waals surface area (Å²) in [5.41, 5.74) is 4.90. The predicted molar refractivity (Wildman–Crippen MR) is 77.3 cm³/mol. The summed E-state index contributed by atoms with van der Waals surface area (Å²) < 4.78 is 0. The Labute approximate surface area is 116 Å². The summed E-state index contributed by atoms with van der Waals surface area (Å²) in [6, 6.07) is 10.1. The molecule has 94 valence electrons. The van der Waals surface area contributed by atoms with Gasteiger partial charge in [0.2, 0.25) is 0 Å². The van der Waals surface area contributed by atoms with Crippen LogP contribution >= 0.6 is 11.6 Å². The van der Waals surface area contributed by atoms with Crippen molar-refractivity contribution in [1.29, 1.82) is 0 Å². The summed E-state index contributed by atoms with van der Waals surface area (Å²) in [5, 5.41) is 9.76. The molecule has 2 aromatic heterocycles. The van der Waals surface area contributed by atoms with Gasteiger partial charge in [-0.15, -0.1) is 10.2 Å². The monoisotopic (exact) mass is 269 g/mol. The molecule has 0 radical (unpaired) electrons. The average molecular weight is 270 g/mol. The number of hydrogen-bond acceptors (Lipinski definition) is 3. The molecule has 0 aliphatic rings. The lowest BCUT2D eigenvalue weighted by molar-refractivity contribution is 1.00. The summed E-state index contributed by atoms with van der Waals surface area (Å²) >= 11 is 5.98. The van der Waals surface area contributed by atoms with E-state index >= 15 is 0 Å². The number of pyridine rings is 1. The Morgan fingerprint density at radius 1 is 1.00 bits per heavy atom. The maximum atomic E-state index is 5.98. The zero-order valence-electron chi connectivity index (χ0n) is 10.7. The third kappa shape index (κ3) is 2.06. The molecular formula is C15H12ClN3. The molecule has 0 unspecified atom stereocenters. The standard InChI is InChI=1S/C15H12ClN3/c1-9-10(2)15(16)19-18-14(9)12-5-6-13-11(8-12)4-3-7-17-13/h3-8H,1-2H3. The Hall–Kier alpha value is -2.00. The fourth-order valence-electron chi connectivity index (χ4n) is 2.07. The molecule has 19 heavy (non-hydrogen) atoms. The van der Waals surface area contributed by atoms with Crippen molar-refractivity contribution in [2.75, 3.05) is 0 Å². The van der Waals surface area contributed by atoms with Gasteiger partial charge in [0.15, 0.2) is 5.15 Å². The number of halogens is 1. The van der Waals surface area contributed by atoms with Crippen LogP contribution in [0.15, 0.2) is 36.5 Å². The van der Waals surface area contributed by atoms with Gasteiger partial charge in [-0.25, -0.2) is 0 Å². The molecule has 0 N–H and O–H groups in total. The van der Waals surface area contributed by atoms with Gasteiger partial charge in [0.25, 0.3) is 0 Å². The van der Waals surface area contributed by atoms with Crippen LogP contribution in [0.25, 0.3) is 22.2 Å². The first-order chi connectivity index (χ1) is 9.16. The van der Waals surface area contributed by atoms with Crippen molar-refractivity contribution in [3.8, 4) is 11.3 Å². The first-order valence-electron chi connectivity index (χ1n) is 6.01. The summed E-state index contributed by atoms with van der Waals surface area (Å²) in [5.74, 6) is 0. The van der Waals surface area contributed by atoms with Crippen molar-refractivity contribution in [3.63, 3.8) is 0 Å². The predicted octanol–water partition coefficient (Wildman–Crippen LogP) is 3.96. The van der Waals surface area contributed by atoms with Crippen LogP contribution in [0, 0.1) is 13.8 Å². The molecule has 0 aliphatic carbocycles. The van der Waals surface area contributed by atoms with Crippen LogP contribution in [0.1, 0.15) is 11.1 Å². The van der Waals surface area contributed by atoms with Crippen molar-refractivity contribution in [3.05, 3.63) is 52.8 Å². The highest BCUT2D eigenvalue weighted by atomic mass is 35.5. The Morgan fingerprint density at radius 3 is 2.68 bits per heavy atom. The molecule has 0 bridgehead atoms. The number of fused-ring (bicyclic) bond motifs is 1. The third-order valence-corrected chi connectivity index (χ3v) is 3.70. The molecule has 3 rings (SSSR count). The Kier molecular flexibility index (Phi) is 2.91. The van der Waals surface area contributed by atoms with E-state index in [0.717, 1.165) is 33.3 Å². The smallest absolute Gasteiger partial charge is 0.154 e. The van der Waals surface area contributed by atoms with E-state index in [1.165, 1.54) is 0 Å². The van der Waals surface area contributed by atoms with Crippen LogP contribution in [0.5, 0.6) is 0 Å². The molecule has 0 spiro atoms. The zero-order valence-corrected chi connectivity index (χ0v) is 11.4. The van der Waals surface area contributed by atoms with E-state index in [2.05, 4.69) is 21.2 Å². The normalized spacial score (nSPS) is 10.9. The van der Waals surface area contributed by atoms with Crippen LogP contribution in [-0.2, 0) is 0 Å². The molecular weight excluding hydrogens is 258 g/mol. The van der Waals surface area contributed by atoms with Gasteiger partial charge in [-0.2, -0.15) is 0 Å². The van der Waals surface area contributed by atoms with Crippen molar-refractivity contribution in [2.24, 2.45) is 0 Å². The quantitative estimate of drug-likeness (QED) is 0.671. The van der Waals surface area contributed by atoms with Gasteiger partial charge >= 0.3 is 0 Å². The molecule has 0 atom stereocenters. The molecule has 0 amide bonds. The lowest BCUT2D eigenvalue weighted by Crippen LogP contribution is -1.96. The topological polar surface area (TPSA) is 38.7 Å². The van der Waals surface area contributed by atoms with Gasteiger partial charge in [-0.1, -0.05) is 23.7 Å². The van der Waals surface area contributed by atoms with E-state index in [9.17, 15) is 0 Å². The number of rotatable bonds is 1. The number of benzene rings is 1. The minimum absolute atomic E-state index is 0.462. The van der Waals surface area contributed by atoms with Crippen molar-refractivity contribution < 1.29 is 0 Å². The van der Waals surface area contributed by atoms with E-state index in [4.69, 9.17) is 11.6 Å². The average Bonchev–Trinajstić information content (AvgIpc) is 2.44. The number of aromatic nitrogens is 3. The van der Waals surface area contributed by atoms with E-state index < -0.39 is 0 Å². The second kappa shape index (κ2) is 4.59. The molecule has 4 heteroatoms. The molecule has 0 fully saturated rings. The van der Waals surface area contributed by atoms with Crippen LogP contribution in [0.3, 0.4) is 0 Å². The van der Waals surface area contributed by atoms with Gasteiger partial charge < -0.3 is 0 Å². The zero-order chi connectivity index (χ0) is 13.4. The van der Waals surface area contributed by atoms with Crippen LogP contribution < -0.4 is 0 Å². The van der Waals surface area contributed by atoms with E-state index in [1.807, 2.05) is 38.1 Å². The van der Waals surface area contributed by atoms with Gasteiger partial charge in [0.05, 0.1) is 11.2 Å².